The van der Waals surface area contributed by atoms with E-state index in [9.17, 15) is 26.1 Å². The molecule has 1 aromatic carbocycles. The van der Waals surface area contributed by atoms with Crippen molar-refractivity contribution in [1.82, 2.24) is 0 Å². The van der Waals surface area contributed by atoms with Crippen molar-refractivity contribution in [2.45, 2.75) is 6.18 Å². The van der Waals surface area contributed by atoms with Crippen LogP contribution in [-0.2, 0) is 6.18 Å². The molecule has 8 heteroatoms. The molecule has 15 heavy (non-hydrogen) atoms. The first-order chi connectivity index (χ1) is 6.21. The van der Waals surface area contributed by atoms with Gasteiger partial charge >= 0.3 is 64.5 Å². The summed E-state index contributed by atoms with van der Waals surface area (Å²) < 4.78 is 72.1. The fourth-order valence-corrected chi connectivity index (χ4v) is 0.919. The number of halogens is 6. The third-order valence-corrected chi connectivity index (χ3v) is 1.59. The Morgan fingerprint density at radius 1 is 1.00 bits per heavy atom. The SMILES string of the molecule is F[B-](F)(F)c1cccc(C(F)(F)F)c1.[K+]. The summed E-state index contributed by atoms with van der Waals surface area (Å²) in [4.78, 5) is 0. The zero-order valence-electron chi connectivity index (χ0n) is 7.65. The van der Waals surface area contributed by atoms with Crippen LogP contribution in [0.1, 0.15) is 5.56 Å². The molecule has 0 radical (unpaired) electrons. The molecule has 0 aromatic heterocycles. The van der Waals surface area contributed by atoms with E-state index in [1.165, 1.54) is 0 Å². The first-order valence-electron chi connectivity index (χ1n) is 3.58. The van der Waals surface area contributed by atoms with Crippen molar-refractivity contribution in [2.24, 2.45) is 0 Å². The normalized spacial score (nSPS) is 12.1. The average molecular weight is 252 g/mol. The molecule has 0 heterocycles. The fraction of sp³-hybridized carbons (Fsp3) is 0.143. The summed E-state index contributed by atoms with van der Waals surface area (Å²) in [7, 11) is 0. The summed E-state index contributed by atoms with van der Waals surface area (Å²) in [6.07, 6.45) is -4.74. The Balaban J connectivity index is 0.00000196. The number of hydrogen-bond donors (Lipinski definition) is 0. The summed E-state index contributed by atoms with van der Waals surface area (Å²) in [5, 5.41) is 0. The molecule has 0 bridgehead atoms. The molecular weight excluding hydrogens is 248 g/mol. The molecule has 0 fully saturated rings. The zero-order valence-corrected chi connectivity index (χ0v) is 10.8. The molecule has 0 amide bonds. The number of benzene rings is 1. The van der Waals surface area contributed by atoms with Crippen molar-refractivity contribution in [2.75, 3.05) is 0 Å². The molecule has 0 aliphatic rings. The maximum atomic E-state index is 12.1. The minimum Gasteiger partial charge on any atom is -0.445 e. The molecule has 0 nitrogen and oxygen atoms in total. The molecule has 0 atom stereocenters. The minimum absolute atomic E-state index is 0. The average Bonchev–Trinajstić information content (AvgIpc) is 2.01. The van der Waals surface area contributed by atoms with Gasteiger partial charge in [-0.15, -0.1) is 5.46 Å². The minimum atomic E-state index is -5.38. The smallest absolute Gasteiger partial charge is 0.445 e. The monoisotopic (exact) mass is 252 g/mol. The van der Waals surface area contributed by atoms with Crippen LogP contribution in [0.4, 0.5) is 26.1 Å². The van der Waals surface area contributed by atoms with Crippen LogP contribution in [-0.4, -0.2) is 6.98 Å². The van der Waals surface area contributed by atoms with Gasteiger partial charge in [-0.2, -0.15) is 13.2 Å². The van der Waals surface area contributed by atoms with Crippen LogP contribution in [0.15, 0.2) is 24.3 Å². The first kappa shape index (κ1) is 15.5. The Morgan fingerprint density at radius 3 is 1.93 bits per heavy atom. The van der Waals surface area contributed by atoms with Crippen molar-refractivity contribution in [1.29, 1.82) is 0 Å². The van der Waals surface area contributed by atoms with Crippen LogP contribution in [0.25, 0.3) is 0 Å². The van der Waals surface area contributed by atoms with E-state index in [2.05, 4.69) is 0 Å². The van der Waals surface area contributed by atoms with E-state index in [0.29, 0.717) is 12.1 Å². The van der Waals surface area contributed by atoms with E-state index < -0.39 is 24.2 Å². The second kappa shape index (κ2) is 5.22. The van der Waals surface area contributed by atoms with Gasteiger partial charge in [0.2, 0.25) is 0 Å². The van der Waals surface area contributed by atoms with Gasteiger partial charge in [0.05, 0.1) is 5.56 Å². The third-order valence-electron chi connectivity index (χ3n) is 1.59. The molecule has 1 rings (SSSR count). The second-order valence-corrected chi connectivity index (χ2v) is 2.70. The van der Waals surface area contributed by atoms with Gasteiger partial charge in [-0.1, -0.05) is 24.3 Å². The van der Waals surface area contributed by atoms with Gasteiger partial charge < -0.3 is 12.9 Å². The van der Waals surface area contributed by atoms with Gasteiger partial charge in [-0.3, -0.25) is 0 Å². The summed E-state index contributed by atoms with van der Waals surface area (Å²) in [6.45, 7) is -5.38. The topological polar surface area (TPSA) is 0 Å². The molecule has 0 saturated carbocycles. The Kier molecular flexibility index (Phi) is 5.40. The predicted octanol–water partition coefficient (Wildman–Crippen LogP) is -0.236. The molecule has 0 aliphatic heterocycles. The largest absolute Gasteiger partial charge is 1.00 e. The van der Waals surface area contributed by atoms with Crippen molar-refractivity contribution >= 4 is 12.4 Å². The quantitative estimate of drug-likeness (QED) is 0.478. The van der Waals surface area contributed by atoms with Crippen molar-refractivity contribution in [3.8, 4) is 0 Å². The maximum Gasteiger partial charge on any atom is 1.00 e. The van der Waals surface area contributed by atoms with Crippen molar-refractivity contribution in [3.63, 3.8) is 0 Å². The van der Waals surface area contributed by atoms with Crippen molar-refractivity contribution < 1.29 is 77.5 Å². The molecule has 0 N–H and O–H groups in total. The summed E-state index contributed by atoms with van der Waals surface area (Å²) in [5.74, 6) is 0. The Bertz CT molecular complexity index is 302. The van der Waals surface area contributed by atoms with Crippen LogP contribution in [0.3, 0.4) is 0 Å². The molecule has 0 saturated heterocycles. The predicted molar refractivity (Wildman–Crippen MR) is 40.2 cm³/mol. The molecule has 0 spiro atoms. The third kappa shape index (κ3) is 4.48. The summed E-state index contributed by atoms with van der Waals surface area (Å²) >= 11 is 0. The van der Waals surface area contributed by atoms with Crippen LogP contribution in [0, 0.1) is 0 Å². The maximum absolute atomic E-state index is 12.1. The van der Waals surface area contributed by atoms with E-state index in [-0.39, 0.29) is 57.5 Å². The standard InChI is InChI=1S/C7H4BF6.K/c9-7(10,11)5-2-1-3-6(4-5)8(12,13)14;/h1-4H;/q-1;+1. The molecule has 1 aromatic rings. The Morgan fingerprint density at radius 2 is 1.53 bits per heavy atom. The van der Waals surface area contributed by atoms with Gasteiger partial charge in [0.25, 0.3) is 0 Å². The van der Waals surface area contributed by atoms with E-state index in [1.807, 2.05) is 0 Å². The van der Waals surface area contributed by atoms with Gasteiger partial charge in [-0.05, 0) is 0 Å². The van der Waals surface area contributed by atoms with E-state index in [4.69, 9.17) is 0 Å². The fourth-order valence-electron chi connectivity index (χ4n) is 0.919. The number of alkyl halides is 3. The molecule has 0 aliphatic carbocycles. The van der Waals surface area contributed by atoms with Crippen molar-refractivity contribution in [3.05, 3.63) is 29.8 Å². The van der Waals surface area contributed by atoms with Gasteiger partial charge in [0.1, 0.15) is 0 Å². The number of rotatable bonds is 1. The second-order valence-electron chi connectivity index (χ2n) is 2.70. The van der Waals surface area contributed by atoms with Crippen LogP contribution in [0.2, 0.25) is 0 Å². The summed E-state index contributed by atoms with van der Waals surface area (Å²) in [6, 6.07) is 2.08. The molecule has 0 unspecified atom stereocenters. The Hall–Kier alpha value is 0.501. The Labute approximate surface area is 125 Å². The van der Waals surface area contributed by atoms with E-state index >= 15 is 0 Å². The molecule has 78 valence electrons. The molecular formula is C7H4BF6K. The summed E-state index contributed by atoms with van der Waals surface area (Å²) in [5.41, 5.74) is -2.52. The van der Waals surface area contributed by atoms with E-state index in [0.717, 1.165) is 6.07 Å². The van der Waals surface area contributed by atoms with Gasteiger partial charge in [0.15, 0.2) is 0 Å². The van der Waals surface area contributed by atoms with Gasteiger partial charge in [0, 0.05) is 0 Å². The zero-order chi connectivity index (χ0) is 11.0. The first-order valence-corrected chi connectivity index (χ1v) is 3.58. The van der Waals surface area contributed by atoms with Crippen LogP contribution in [0.5, 0.6) is 0 Å². The van der Waals surface area contributed by atoms with Crippen LogP contribution < -0.4 is 56.8 Å². The van der Waals surface area contributed by atoms with E-state index in [1.54, 1.807) is 0 Å². The van der Waals surface area contributed by atoms with Crippen LogP contribution >= 0.6 is 0 Å². The number of hydrogen-bond acceptors (Lipinski definition) is 0. The van der Waals surface area contributed by atoms with Gasteiger partial charge in [-0.25, -0.2) is 0 Å².